The maximum Gasteiger partial charge on any atom is 0.261 e. The molecule has 1 aliphatic carbocycles. The monoisotopic (exact) mass is 442 g/mol. The van der Waals surface area contributed by atoms with Crippen molar-refractivity contribution in [3.8, 4) is 5.75 Å². The van der Waals surface area contributed by atoms with Crippen LogP contribution in [0.1, 0.15) is 50.2 Å². The van der Waals surface area contributed by atoms with Gasteiger partial charge in [-0.15, -0.1) is 0 Å². The zero-order chi connectivity index (χ0) is 22.2. The Morgan fingerprint density at radius 2 is 1.87 bits per heavy atom. The van der Waals surface area contributed by atoms with Gasteiger partial charge in [0, 0.05) is 17.6 Å². The number of benzene rings is 2. The molecule has 1 N–H and O–H groups in total. The number of halogens is 1. The summed E-state index contributed by atoms with van der Waals surface area (Å²) in [5.41, 5.74) is 2.09. The zero-order valence-corrected chi connectivity index (χ0v) is 19.0. The highest BCUT2D eigenvalue weighted by molar-refractivity contribution is 6.30. The Morgan fingerprint density at radius 1 is 1.13 bits per heavy atom. The molecule has 1 aliphatic rings. The smallest absolute Gasteiger partial charge is 0.261 e. The van der Waals surface area contributed by atoms with E-state index in [1.54, 1.807) is 36.1 Å². The van der Waals surface area contributed by atoms with Crippen LogP contribution < -0.4 is 10.1 Å². The summed E-state index contributed by atoms with van der Waals surface area (Å²) in [5, 5.41) is 3.68. The number of nitrogens with one attached hydrogen (secondary N) is 1. The first kappa shape index (κ1) is 23.1. The van der Waals surface area contributed by atoms with E-state index in [0.29, 0.717) is 17.3 Å². The minimum absolute atomic E-state index is 0.115. The van der Waals surface area contributed by atoms with E-state index in [2.05, 4.69) is 5.32 Å². The van der Waals surface area contributed by atoms with E-state index in [9.17, 15) is 9.59 Å². The summed E-state index contributed by atoms with van der Waals surface area (Å²) in [6, 6.07) is 14.5. The molecule has 1 atom stereocenters. The van der Waals surface area contributed by atoms with Crippen LogP contribution in [0.2, 0.25) is 5.02 Å². The number of ether oxygens (including phenoxy) is 1. The van der Waals surface area contributed by atoms with E-state index in [-0.39, 0.29) is 24.5 Å². The van der Waals surface area contributed by atoms with Gasteiger partial charge in [-0.1, -0.05) is 66.8 Å². The van der Waals surface area contributed by atoms with Crippen LogP contribution in [0.3, 0.4) is 0 Å². The lowest BCUT2D eigenvalue weighted by molar-refractivity contribution is -0.142. The van der Waals surface area contributed by atoms with Crippen LogP contribution in [0.15, 0.2) is 48.5 Å². The number of hydrogen-bond acceptors (Lipinski definition) is 3. The molecule has 0 bridgehead atoms. The van der Waals surface area contributed by atoms with Gasteiger partial charge in [0.25, 0.3) is 5.91 Å². The predicted octanol–water partition coefficient (Wildman–Crippen LogP) is 4.89. The Balaban J connectivity index is 1.70. The van der Waals surface area contributed by atoms with Gasteiger partial charge in [-0.2, -0.15) is 0 Å². The highest BCUT2D eigenvalue weighted by Gasteiger charge is 2.28. The molecule has 166 valence electrons. The van der Waals surface area contributed by atoms with Gasteiger partial charge in [-0.25, -0.2) is 0 Å². The van der Waals surface area contributed by atoms with Crippen molar-refractivity contribution in [3.05, 3.63) is 64.7 Å². The highest BCUT2D eigenvalue weighted by Crippen LogP contribution is 2.20. The SMILES string of the molecule is Cc1cccc(CN(C(=O)COc2cccc(Cl)c2)C(C)C(=O)NC2CCCCC2)c1. The van der Waals surface area contributed by atoms with Crippen molar-refractivity contribution in [2.24, 2.45) is 0 Å². The van der Waals surface area contributed by atoms with Gasteiger partial charge in [0.15, 0.2) is 6.61 Å². The maximum atomic E-state index is 13.1. The van der Waals surface area contributed by atoms with Crippen LogP contribution in [-0.4, -0.2) is 35.4 Å². The number of amides is 2. The molecular weight excluding hydrogens is 412 g/mol. The van der Waals surface area contributed by atoms with Gasteiger partial charge in [0.05, 0.1) is 0 Å². The molecule has 6 heteroatoms. The highest BCUT2D eigenvalue weighted by atomic mass is 35.5. The summed E-state index contributed by atoms with van der Waals surface area (Å²) in [7, 11) is 0. The molecule has 0 heterocycles. The van der Waals surface area contributed by atoms with Crippen LogP contribution in [-0.2, 0) is 16.1 Å². The van der Waals surface area contributed by atoms with Crippen molar-refractivity contribution < 1.29 is 14.3 Å². The molecule has 2 aromatic rings. The Kier molecular flexibility index (Phi) is 8.35. The van der Waals surface area contributed by atoms with Gasteiger partial charge >= 0.3 is 0 Å². The predicted molar refractivity (Wildman–Crippen MR) is 123 cm³/mol. The molecule has 0 radical (unpaired) electrons. The van der Waals surface area contributed by atoms with Crippen LogP contribution in [0, 0.1) is 6.92 Å². The quantitative estimate of drug-likeness (QED) is 0.633. The zero-order valence-electron chi connectivity index (χ0n) is 18.3. The molecule has 0 spiro atoms. The van der Waals surface area contributed by atoms with Gasteiger partial charge in [-0.3, -0.25) is 9.59 Å². The molecule has 1 saturated carbocycles. The van der Waals surface area contributed by atoms with Crippen molar-refractivity contribution in [1.82, 2.24) is 10.2 Å². The molecular formula is C25H31ClN2O3. The molecule has 1 fully saturated rings. The Bertz CT molecular complexity index is 896. The van der Waals surface area contributed by atoms with Gasteiger partial charge in [0.1, 0.15) is 11.8 Å². The second-order valence-electron chi connectivity index (χ2n) is 8.28. The minimum atomic E-state index is -0.599. The van der Waals surface area contributed by atoms with Crippen molar-refractivity contribution in [2.45, 2.75) is 64.6 Å². The first-order valence-electron chi connectivity index (χ1n) is 11.0. The van der Waals surface area contributed by atoms with Gasteiger partial charge < -0.3 is 15.0 Å². The fourth-order valence-corrected chi connectivity index (χ4v) is 4.12. The number of carbonyl (C=O) groups is 2. The van der Waals surface area contributed by atoms with E-state index in [4.69, 9.17) is 16.3 Å². The second-order valence-corrected chi connectivity index (χ2v) is 8.71. The molecule has 2 amide bonds. The fraction of sp³-hybridized carbons (Fsp3) is 0.440. The lowest BCUT2D eigenvalue weighted by atomic mass is 9.95. The summed E-state index contributed by atoms with van der Waals surface area (Å²) >= 11 is 6.00. The van der Waals surface area contributed by atoms with E-state index >= 15 is 0 Å². The van der Waals surface area contributed by atoms with Crippen molar-refractivity contribution >= 4 is 23.4 Å². The lowest BCUT2D eigenvalue weighted by Gasteiger charge is -2.31. The lowest BCUT2D eigenvalue weighted by Crippen LogP contribution is -2.51. The van der Waals surface area contributed by atoms with E-state index in [1.807, 2.05) is 31.2 Å². The van der Waals surface area contributed by atoms with E-state index in [0.717, 1.165) is 36.8 Å². The first-order chi connectivity index (χ1) is 14.9. The molecule has 0 aromatic heterocycles. The first-order valence-corrected chi connectivity index (χ1v) is 11.3. The van der Waals surface area contributed by atoms with Crippen LogP contribution in [0.4, 0.5) is 0 Å². The molecule has 2 aromatic carbocycles. The number of aryl methyl sites for hydroxylation is 1. The molecule has 5 nitrogen and oxygen atoms in total. The summed E-state index contributed by atoms with van der Waals surface area (Å²) in [6.07, 6.45) is 5.50. The standard InChI is InChI=1S/C25H31ClN2O3/c1-18-8-6-9-20(14-18)16-28(19(2)25(30)27-22-11-4-3-5-12-22)24(29)17-31-23-13-7-10-21(26)15-23/h6-10,13-15,19,22H,3-5,11-12,16-17H2,1-2H3,(H,27,30). The molecule has 3 rings (SSSR count). The van der Waals surface area contributed by atoms with E-state index < -0.39 is 6.04 Å². The van der Waals surface area contributed by atoms with E-state index in [1.165, 1.54) is 6.42 Å². The third-order valence-electron chi connectivity index (χ3n) is 5.71. The largest absolute Gasteiger partial charge is 0.484 e. The summed E-state index contributed by atoms with van der Waals surface area (Å²) in [5.74, 6) is 0.166. The number of nitrogens with zero attached hydrogens (tertiary/aromatic N) is 1. The van der Waals surface area contributed by atoms with Crippen LogP contribution in [0.25, 0.3) is 0 Å². The third-order valence-corrected chi connectivity index (χ3v) is 5.95. The summed E-state index contributed by atoms with van der Waals surface area (Å²) in [6.45, 7) is 3.98. The molecule has 0 saturated heterocycles. The normalized spacial score (nSPS) is 15.2. The average Bonchev–Trinajstić information content (AvgIpc) is 2.76. The van der Waals surface area contributed by atoms with Crippen molar-refractivity contribution in [3.63, 3.8) is 0 Å². The maximum absolute atomic E-state index is 13.1. The topological polar surface area (TPSA) is 58.6 Å². The second kappa shape index (κ2) is 11.2. The summed E-state index contributed by atoms with van der Waals surface area (Å²) < 4.78 is 5.66. The van der Waals surface area contributed by atoms with Crippen LogP contribution >= 0.6 is 11.6 Å². The third kappa shape index (κ3) is 7.00. The Morgan fingerprint density at radius 3 is 2.58 bits per heavy atom. The average molecular weight is 443 g/mol. The Labute approximate surface area is 189 Å². The van der Waals surface area contributed by atoms with Gasteiger partial charge in [-0.05, 0) is 50.5 Å². The number of rotatable bonds is 8. The fourth-order valence-electron chi connectivity index (χ4n) is 3.94. The minimum Gasteiger partial charge on any atom is -0.484 e. The Hall–Kier alpha value is -2.53. The van der Waals surface area contributed by atoms with Crippen LogP contribution in [0.5, 0.6) is 5.75 Å². The van der Waals surface area contributed by atoms with Crippen molar-refractivity contribution in [1.29, 1.82) is 0 Å². The summed E-state index contributed by atoms with van der Waals surface area (Å²) in [4.78, 5) is 27.7. The number of carbonyl (C=O) groups excluding carboxylic acids is 2. The van der Waals surface area contributed by atoms with Crippen molar-refractivity contribution in [2.75, 3.05) is 6.61 Å². The van der Waals surface area contributed by atoms with Gasteiger partial charge in [0.2, 0.25) is 5.91 Å². The molecule has 1 unspecified atom stereocenters. The number of hydrogen-bond donors (Lipinski definition) is 1. The molecule has 31 heavy (non-hydrogen) atoms. The molecule has 0 aliphatic heterocycles.